The number of nitroso groups, excluding NO2 is 1. The van der Waals surface area contributed by atoms with Crippen molar-refractivity contribution < 1.29 is 4.39 Å². The van der Waals surface area contributed by atoms with Gasteiger partial charge in [0.2, 0.25) is 5.82 Å². The fraction of sp³-hybridized carbons (Fsp3) is 0. The minimum absolute atomic E-state index is 0.220. The summed E-state index contributed by atoms with van der Waals surface area (Å²) >= 11 is 0. The number of halogens is 1. The first-order valence-corrected chi connectivity index (χ1v) is 5.36. The maximum atomic E-state index is 12.9. The fourth-order valence-corrected chi connectivity index (χ4v) is 1.87. The Kier molecular flexibility index (Phi) is 2.37. The number of imidazole rings is 1. The fourth-order valence-electron chi connectivity index (χ4n) is 1.87. The molecule has 0 unspecified atom stereocenters. The summed E-state index contributed by atoms with van der Waals surface area (Å²) in [6, 6.07) is 11.2. The van der Waals surface area contributed by atoms with Crippen LogP contribution in [0.15, 0.2) is 53.8 Å². The average molecular weight is 241 g/mol. The van der Waals surface area contributed by atoms with Crippen LogP contribution in [0.3, 0.4) is 0 Å². The molecule has 0 saturated heterocycles. The van der Waals surface area contributed by atoms with E-state index in [1.807, 2.05) is 6.07 Å². The van der Waals surface area contributed by atoms with E-state index in [0.29, 0.717) is 16.9 Å². The van der Waals surface area contributed by atoms with Crippen molar-refractivity contribution in [2.24, 2.45) is 5.18 Å². The predicted octanol–water partition coefficient (Wildman–Crippen LogP) is 3.54. The number of nitrogens with zero attached hydrogens (tertiary/aromatic N) is 3. The zero-order chi connectivity index (χ0) is 12.5. The average Bonchev–Trinajstić information content (AvgIpc) is 2.78. The number of pyridine rings is 1. The Labute approximate surface area is 102 Å². The molecule has 0 aliphatic carbocycles. The molecule has 0 amide bonds. The Bertz CT molecular complexity index is 719. The molecule has 0 aliphatic heterocycles. The van der Waals surface area contributed by atoms with Crippen LogP contribution in [0.25, 0.3) is 16.9 Å². The second-order valence-electron chi connectivity index (χ2n) is 3.81. The Balaban J connectivity index is 2.28. The molecule has 0 fully saturated rings. The van der Waals surface area contributed by atoms with Crippen molar-refractivity contribution in [3.8, 4) is 11.3 Å². The molecular formula is C13H8FN3O. The van der Waals surface area contributed by atoms with Crippen molar-refractivity contribution in [1.82, 2.24) is 9.38 Å². The number of aromatic nitrogens is 2. The second-order valence-corrected chi connectivity index (χ2v) is 3.81. The third kappa shape index (κ3) is 1.57. The highest BCUT2D eigenvalue weighted by atomic mass is 19.1. The molecule has 0 spiro atoms. The van der Waals surface area contributed by atoms with Crippen LogP contribution in [-0.2, 0) is 0 Å². The van der Waals surface area contributed by atoms with E-state index in [1.54, 1.807) is 34.9 Å². The Morgan fingerprint density at radius 3 is 2.61 bits per heavy atom. The molecule has 2 heterocycles. The van der Waals surface area contributed by atoms with Crippen LogP contribution >= 0.6 is 0 Å². The largest absolute Gasteiger partial charge is 0.281 e. The third-order valence-electron chi connectivity index (χ3n) is 2.71. The molecule has 2 aromatic heterocycles. The monoisotopic (exact) mass is 241 g/mol. The van der Waals surface area contributed by atoms with E-state index >= 15 is 0 Å². The molecule has 0 saturated carbocycles. The first-order chi connectivity index (χ1) is 8.79. The highest BCUT2D eigenvalue weighted by Gasteiger charge is 2.14. The van der Waals surface area contributed by atoms with Crippen molar-refractivity contribution in [2.75, 3.05) is 0 Å². The van der Waals surface area contributed by atoms with Gasteiger partial charge < -0.3 is 0 Å². The zero-order valence-corrected chi connectivity index (χ0v) is 9.25. The summed E-state index contributed by atoms with van der Waals surface area (Å²) in [6.45, 7) is 0. The van der Waals surface area contributed by atoms with Gasteiger partial charge in [-0.1, -0.05) is 6.07 Å². The maximum absolute atomic E-state index is 12.9. The minimum Gasteiger partial charge on any atom is -0.281 e. The molecular weight excluding hydrogens is 233 g/mol. The van der Waals surface area contributed by atoms with Crippen LogP contribution < -0.4 is 0 Å². The number of fused-ring (bicyclic) bond motifs is 1. The molecule has 3 aromatic rings. The van der Waals surface area contributed by atoms with Crippen molar-refractivity contribution >= 4 is 11.5 Å². The Hall–Kier alpha value is -2.56. The zero-order valence-electron chi connectivity index (χ0n) is 9.25. The van der Waals surface area contributed by atoms with Gasteiger partial charge in [-0.25, -0.2) is 9.37 Å². The van der Waals surface area contributed by atoms with Crippen molar-refractivity contribution in [1.29, 1.82) is 0 Å². The van der Waals surface area contributed by atoms with Crippen molar-refractivity contribution in [2.45, 2.75) is 0 Å². The van der Waals surface area contributed by atoms with Crippen LogP contribution in [0.4, 0.5) is 10.2 Å². The normalized spacial score (nSPS) is 10.7. The van der Waals surface area contributed by atoms with Gasteiger partial charge in [-0.05, 0) is 41.6 Å². The Morgan fingerprint density at radius 1 is 1.11 bits per heavy atom. The van der Waals surface area contributed by atoms with Gasteiger partial charge in [0.25, 0.3) is 0 Å². The lowest BCUT2D eigenvalue weighted by molar-refractivity contribution is 0.628. The van der Waals surface area contributed by atoms with Crippen LogP contribution in [-0.4, -0.2) is 9.38 Å². The molecule has 0 radical (unpaired) electrons. The van der Waals surface area contributed by atoms with Gasteiger partial charge in [0.05, 0.1) is 0 Å². The summed E-state index contributed by atoms with van der Waals surface area (Å²) in [5.74, 6) is -0.111. The van der Waals surface area contributed by atoms with Gasteiger partial charge in [-0.3, -0.25) is 4.40 Å². The molecule has 4 nitrogen and oxygen atoms in total. The van der Waals surface area contributed by atoms with Crippen molar-refractivity contribution in [3.05, 3.63) is 59.4 Å². The number of benzene rings is 1. The third-order valence-corrected chi connectivity index (χ3v) is 2.71. The van der Waals surface area contributed by atoms with Crippen LogP contribution in [0.1, 0.15) is 0 Å². The van der Waals surface area contributed by atoms with Crippen LogP contribution in [0.2, 0.25) is 0 Å². The van der Waals surface area contributed by atoms with E-state index in [2.05, 4.69) is 10.2 Å². The molecule has 0 bridgehead atoms. The smallest absolute Gasteiger partial charge is 0.209 e. The molecule has 3 rings (SSSR count). The maximum Gasteiger partial charge on any atom is 0.209 e. The van der Waals surface area contributed by atoms with E-state index in [9.17, 15) is 9.30 Å². The molecule has 88 valence electrons. The van der Waals surface area contributed by atoms with E-state index in [-0.39, 0.29) is 11.6 Å². The lowest BCUT2D eigenvalue weighted by Gasteiger charge is -1.97. The van der Waals surface area contributed by atoms with E-state index in [4.69, 9.17) is 0 Å². The molecule has 0 N–H and O–H groups in total. The Morgan fingerprint density at radius 2 is 1.89 bits per heavy atom. The molecule has 1 aromatic carbocycles. The van der Waals surface area contributed by atoms with Gasteiger partial charge in [0, 0.05) is 11.8 Å². The standard InChI is InChI=1S/C13H8FN3O/c14-10-6-4-9(5-7-10)12-13(16-18)17-8-2-1-3-11(17)15-12/h1-8H. The summed E-state index contributed by atoms with van der Waals surface area (Å²) in [7, 11) is 0. The van der Waals surface area contributed by atoms with Gasteiger partial charge in [-0.2, -0.15) is 0 Å². The van der Waals surface area contributed by atoms with Crippen molar-refractivity contribution in [3.63, 3.8) is 0 Å². The summed E-state index contributed by atoms with van der Waals surface area (Å²) < 4.78 is 14.5. The lowest BCUT2D eigenvalue weighted by atomic mass is 10.1. The summed E-state index contributed by atoms with van der Waals surface area (Å²) in [5, 5.41) is 3.01. The lowest BCUT2D eigenvalue weighted by Crippen LogP contribution is -1.81. The number of hydrogen-bond donors (Lipinski definition) is 0. The van der Waals surface area contributed by atoms with Gasteiger partial charge in [0.1, 0.15) is 17.2 Å². The van der Waals surface area contributed by atoms with Gasteiger partial charge >= 0.3 is 0 Å². The molecule has 0 aliphatic rings. The highest BCUT2D eigenvalue weighted by Crippen LogP contribution is 2.30. The van der Waals surface area contributed by atoms with E-state index in [1.165, 1.54) is 12.1 Å². The highest BCUT2D eigenvalue weighted by molar-refractivity contribution is 5.74. The van der Waals surface area contributed by atoms with Crippen LogP contribution in [0.5, 0.6) is 0 Å². The van der Waals surface area contributed by atoms with Crippen LogP contribution in [0, 0.1) is 10.7 Å². The second kappa shape index (κ2) is 4.03. The summed E-state index contributed by atoms with van der Waals surface area (Å²) in [5.41, 5.74) is 1.75. The number of rotatable bonds is 2. The van der Waals surface area contributed by atoms with E-state index in [0.717, 1.165) is 0 Å². The minimum atomic E-state index is -0.330. The molecule has 5 heteroatoms. The summed E-state index contributed by atoms with van der Waals surface area (Å²) in [6.07, 6.45) is 1.71. The number of hydrogen-bond acceptors (Lipinski definition) is 3. The summed E-state index contributed by atoms with van der Waals surface area (Å²) in [4.78, 5) is 15.3. The molecule has 0 atom stereocenters. The van der Waals surface area contributed by atoms with E-state index < -0.39 is 0 Å². The quantitative estimate of drug-likeness (QED) is 0.644. The first kappa shape index (κ1) is 10.6. The first-order valence-electron chi connectivity index (χ1n) is 5.36. The van der Waals surface area contributed by atoms with Gasteiger partial charge in [-0.15, -0.1) is 4.91 Å². The van der Waals surface area contributed by atoms with Gasteiger partial charge in [0.15, 0.2) is 0 Å². The topological polar surface area (TPSA) is 46.7 Å². The predicted molar refractivity (Wildman–Crippen MR) is 66.0 cm³/mol. The molecule has 18 heavy (non-hydrogen) atoms. The SMILES string of the molecule is O=Nc1c(-c2ccc(F)cc2)nc2ccccn12.